The first-order valence-electron chi connectivity index (χ1n) is 4.64. The number of hydrogen-bond acceptors (Lipinski definition) is 1. The third-order valence-corrected chi connectivity index (χ3v) is 1.89. The van der Waals surface area contributed by atoms with E-state index >= 15 is 0 Å². The fourth-order valence-corrected chi connectivity index (χ4v) is 1.03. The molecular weight excluding hydrogens is 134 g/mol. The zero-order valence-corrected chi connectivity index (χ0v) is 8.43. The van der Waals surface area contributed by atoms with Crippen LogP contribution in [0, 0.1) is 12.3 Å². The van der Waals surface area contributed by atoms with Crippen molar-refractivity contribution in [3.05, 3.63) is 6.42 Å². The molecule has 1 nitrogen and oxygen atoms in total. The first-order valence-corrected chi connectivity index (χ1v) is 4.64. The van der Waals surface area contributed by atoms with Crippen molar-refractivity contribution in [3.63, 3.8) is 0 Å². The van der Waals surface area contributed by atoms with Crippen LogP contribution in [-0.4, -0.2) is 25.5 Å². The molecule has 0 saturated heterocycles. The van der Waals surface area contributed by atoms with E-state index in [4.69, 9.17) is 0 Å². The van der Waals surface area contributed by atoms with Gasteiger partial charge in [0.25, 0.3) is 0 Å². The van der Waals surface area contributed by atoms with E-state index in [2.05, 4.69) is 39.3 Å². The van der Waals surface area contributed by atoms with Crippen LogP contribution in [0.15, 0.2) is 0 Å². The van der Waals surface area contributed by atoms with Crippen LogP contribution >= 0.6 is 0 Å². The summed E-state index contributed by atoms with van der Waals surface area (Å²) in [6.07, 6.45) is 6.29. The van der Waals surface area contributed by atoms with Gasteiger partial charge in [0.15, 0.2) is 0 Å². The molecule has 1 atom stereocenters. The van der Waals surface area contributed by atoms with E-state index in [9.17, 15) is 0 Å². The molecule has 0 saturated carbocycles. The first-order chi connectivity index (χ1) is 5.16. The number of rotatable bonds is 6. The van der Waals surface area contributed by atoms with Gasteiger partial charge in [0.2, 0.25) is 0 Å². The molecule has 0 amide bonds. The van der Waals surface area contributed by atoms with E-state index < -0.39 is 0 Å². The van der Waals surface area contributed by atoms with Gasteiger partial charge in [-0.05, 0) is 39.4 Å². The van der Waals surface area contributed by atoms with E-state index in [0.717, 1.165) is 5.92 Å². The van der Waals surface area contributed by atoms with Crippen LogP contribution in [0.2, 0.25) is 0 Å². The average molecular weight is 156 g/mol. The molecule has 0 N–H and O–H groups in total. The van der Waals surface area contributed by atoms with Crippen LogP contribution in [-0.2, 0) is 0 Å². The molecule has 1 radical (unpaired) electrons. The zero-order chi connectivity index (χ0) is 8.69. The average Bonchev–Trinajstić information content (AvgIpc) is 1.97. The summed E-state index contributed by atoms with van der Waals surface area (Å²) in [5.74, 6) is 0.789. The summed E-state index contributed by atoms with van der Waals surface area (Å²) in [4.78, 5) is 2.25. The van der Waals surface area contributed by atoms with E-state index in [0.29, 0.717) is 0 Å². The van der Waals surface area contributed by atoms with Crippen molar-refractivity contribution in [1.29, 1.82) is 0 Å². The van der Waals surface area contributed by atoms with Crippen molar-refractivity contribution in [2.75, 3.05) is 20.6 Å². The van der Waals surface area contributed by atoms with Crippen LogP contribution < -0.4 is 0 Å². The molecule has 0 spiro atoms. The van der Waals surface area contributed by atoms with Crippen LogP contribution in [0.1, 0.15) is 33.1 Å². The van der Waals surface area contributed by atoms with Crippen LogP contribution in [0.4, 0.5) is 0 Å². The Labute approximate surface area is 71.8 Å². The molecule has 11 heavy (non-hydrogen) atoms. The lowest BCUT2D eigenvalue weighted by molar-refractivity contribution is 0.371. The molecule has 0 aromatic rings. The molecule has 1 heteroatoms. The standard InChI is InChI=1S/C10H22N/c1-5-6-7-10(2)8-9-11(3)4/h7,10H,5-6,8-9H2,1-4H3. The highest BCUT2D eigenvalue weighted by Crippen LogP contribution is 2.10. The Morgan fingerprint density at radius 2 is 2.00 bits per heavy atom. The van der Waals surface area contributed by atoms with Gasteiger partial charge in [0, 0.05) is 0 Å². The monoisotopic (exact) mass is 156 g/mol. The highest BCUT2D eigenvalue weighted by atomic mass is 15.0. The van der Waals surface area contributed by atoms with E-state index in [1.54, 1.807) is 0 Å². The summed E-state index contributed by atoms with van der Waals surface area (Å²) >= 11 is 0. The van der Waals surface area contributed by atoms with Crippen molar-refractivity contribution in [2.24, 2.45) is 5.92 Å². The van der Waals surface area contributed by atoms with E-state index in [1.165, 1.54) is 25.8 Å². The highest BCUT2D eigenvalue weighted by molar-refractivity contribution is 4.72. The Morgan fingerprint density at radius 3 is 2.45 bits per heavy atom. The third kappa shape index (κ3) is 7.86. The molecule has 1 unspecified atom stereocenters. The summed E-state index contributed by atoms with van der Waals surface area (Å²) in [5, 5.41) is 0. The largest absolute Gasteiger partial charge is 0.309 e. The summed E-state index contributed by atoms with van der Waals surface area (Å²) in [7, 11) is 4.26. The van der Waals surface area contributed by atoms with Gasteiger partial charge in [0.1, 0.15) is 0 Å². The molecule has 0 aromatic carbocycles. The Hall–Kier alpha value is -0.0400. The van der Waals surface area contributed by atoms with Crippen molar-refractivity contribution < 1.29 is 0 Å². The van der Waals surface area contributed by atoms with E-state index in [1.807, 2.05) is 0 Å². The van der Waals surface area contributed by atoms with Crippen molar-refractivity contribution in [2.45, 2.75) is 33.1 Å². The van der Waals surface area contributed by atoms with Gasteiger partial charge in [-0.3, -0.25) is 0 Å². The summed E-state index contributed by atoms with van der Waals surface area (Å²) < 4.78 is 0. The summed E-state index contributed by atoms with van der Waals surface area (Å²) in [5.41, 5.74) is 0. The fraction of sp³-hybridized carbons (Fsp3) is 0.900. The van der Waals surface area contributed by atoms with Gasteiger partial charge in [-0.1, -0.05) is 26.7 Å². The highest BCUT2D eigenvalue weighted by Gasteiger charge is 2.01. The maximum atomic E-state index is 2.43. The normalized spacial score (nSPS) is 13.9. The Bertz CT molecular complexity index is 78.9. The van der Waals surface area contributed by atoms with Crippen LogP contribution in [0.3, 0.4) is 0 Å². The second-order valence-corrected chi connectivity index (χ2v) is 3.59. The number of hydrogen-bond donors (Lipinski definition) is 0. The molecule has 0 rings (SSSR count). The van der Waals surface area contributed by atoms with Gasteiger partial charge in [-0.15, -0.1) is 0 Å². The summed E-state index contributed by atoms with van der Waals surface area (Å²) in [6, 6.07) is 0. The maximum Gasteiger partial charge on any atom is -0.00222 e. The van der Waals surface area contributed by atoms with Crippen LogP contribution in [0.25, 0.3) is 0 Å². The molecule has 0 heterocycles. The second-order valence-electron chi connectivity index (χ2n) is 3.59. The smallest absolute Gasteiger partial charge is 0.00222 e. The number of unbranched alkanes of at least 4 members (excludes halogenated alkanes) is 1. The van der Waals surface area contributed by atoms with Gasteiger partial charge < -0.3 is 4.90 Å². The molecule has 0 fully saturated rings. The molecule has 67 valence electrons. The molecule has 0 aliphatic carbocycles. The van der Waals surface area contributed by atoms with Gasteiger partial charge in [0.05, 0.1) is 0 Å². The van der Waals surface area contributed by atoms with Gasteiger partial charge in [-0.2, -0.15) is 0 Å². The minimum atomic E-state index is 0.789. The quantitative estimate of drug-likeness (QED) is 0.571. The lowest BCUT2D eigenvalue weighted by atomic mass is 10.0. The van der Waals surface area contributed by atoms with Gasteiger partial charge in [-0.25, -0.2) is 0 Å². The predicted molar refractivity (Wildman–Crippen MR) is 51.5 cm³/mol. The molecule has 0 aliphatic rings. The van der Waals surface area contributed by atoms with E-state index in [-0.39, 0.29) is 0 Å². The number of nitrogens with zero attached hydrogens (tertiary/aromatic N) is 1. The van der Waals surface area contributed by atoms with Gasteiger partial charge >= 0.3 is 0 Å². The van der Waals surface area contributed by atoms with Crippen molar-refractivity contribution in [1.82, 2.24) is 4.90 Å². The molecular formula is C10H22N. The second kappa shape index (κ2) is 6.66. The lowest BCUT2D eigenvalue weighted by Crippen LogP contribution is -2.15. The third-order valence-electron chi connectivity index (χ3n) is 1.89. The zero-order valence-electron chi connectivity index (χ0n) is 8.43. The first kappa shape index (κ1) is 11.0. The molecule has 0 aliphatic heterocycles. The SMILES string of the molecule is CCC[CH]C(C)CCN(C)C. The molecule has 0 aromatic heterocycles. The predicted octanol–water partition coefficient (Wildman–Crippen LogP) is 2.58. The minimum Gasteiger partial charge on any atom is -0.309 e. The van der Waals surface area contributed by atoms with Crippen molar-refractivity contribution >= 4 is 0 Å². The Kier molecular flexibility index (Phi) is 6.63. The summed E-state index contributed by atoms with van der Waals surface area (Å²) in [6.45, 7) is 5.75. The topological polar surface area (TPSA) is 3.24 Å². The Morgan fingerprint density at radius 1 is 1.36 bits per heavy atom. The minimum absolute atomic E-state index is 0.789. The van der Waals surface area contributed by atoms with Crippen LogP contribution in [0.5, 0.6) is 0 Å². The maximum absolute atomic E-state index is 2.43. The molecule has 0 bridgehead atoms. The fourth-order valence-electron chi connectivity index (χ4n) is 1.03. The lowest BCUT2D eigenvalue weighted by Gasteiger charge is -2.14. The Balaban J connectivity index is 3.15. The van der Waals surface area contributed by atoms with Crippen molar-refractivity contribution in [3.8, 4) is 0 Å².